The number of carbonyl (C=O) groups is 2. The Morgan fingerprint density at radius 1 is 0.971 bits per heavy atom. The first kappa shape index (κ1) is 23.8. The Morgan fingerprint density at radius 2 is 1.66 bits per heavy atom. The predicted octanol–water partition coefficient (Wildman–Crippen LogP) is 5.20. The van der Waals surface area contributed by atoms with Crippen LogP contribution in [0.15, 0.2) is 76.0 Å². The normalized spacial score (nSPS) is 11.4. The van der Waals surface area contributed by atoms with E-state index in [1.165, 1.54) is 55.5 Å². The van der Waals surface area contributed by atoms with E-state index in [0.717, 1.165) is 11.6 Å². The van der Waals surface area contributed by atoms with Crippen LogP contribution in [0.5, 0.6) is 0 Å². The second-order valence-electron chi connectivity index (χ2n) is 7.96. The molecule has 0 radical (unpaired) electrons. The number of fused-ring (bicyclic) bond motifs is 1. The number of furan rings is 1. The molecule has 35 heavy (non-hydrogen) atoms. The fraction of sp³-hybridized carbons (Fsp3) is 0.120. The molecule has 3 aromatic carbocycles. The number of aryl methyl sites for hydroxylation is 2. The third kappa shape index (κ3) is 4.31. The van der Waals surface area contributed by atoms with Crippen LogP contribution in [0.25, 0.3) is 11.0 Å². The topological polar surface area (TPSA) is 128 Å². The Morgan fingerprint density at radius 3 is 2.29 bits per heavy atom. The van der Waals surface area contributed by atoms with Gasteiger partial charge in [-0.3, -0.25) is 19.7 Å². The number of anilines is 1. The maximum absolute atomic E-state index is 13.7. The monoisotopic (exact) mass is 492 g/mol. The van der Waals surface area contributed by atoms with Gasteiger partial charge in [0, 0.05) is 23.1 Å². The lowest BCUT2D eigenvalue weighted by atomic mass is 10.1. The Kier molecular flexibility index (Phi) is 5.99. The van der Waals surface area contributed by atoms with E-state index in [9.17, 15) is 28.1 Å². The number of nitrogens with zero attached hydrogens (tertiary/aromatic N) is 2. The molecule has 0 aliphatic carbocycles. The number of hydrogen-bond acceptors (Lipinski definition) is 7. The van der Waals surface area contributed by atoms with Crippen molar-refractivity contribution in [2.24, 2.45) is 0 Å². The van der Waals surface area contributed by atoms with Crippen molar-refractivity contribution in [3.63, 3.8) is 0 Å². The molecule has 4 rings (SSSR count). The molecule has 178 valence electrons. The van der Waals surface area contributed by atoms with Crippen LogP contribution >= 0.6 is 0 Å². The summed E-state index contributed by atoms with van der Waals surface area (Å²) in [6, 6.07) is 15.0. The lowest BCUT2D eigenvalue weighted by molar-refractivity contribution is -0.384. The summed E-state index contributed by atoms with van der Waals surface area (Å²) in [5, 5.41) is 11.6. The molecule has 0 saturated carbocycles. The van der Waals surface area contributed by atoms with E-state index in [0.29, 0.717) is 21.0 Å². The van der Waals surface area contributed by atoms with E-state index in [1.807, 2.05) is 0 Å². The van der Waals surface area contributed by atoms with Gasteiger partial charge in [-0.1, -0.05) is 23.8 Å². The van der Waals surface area contributed by atoms with Gasteiger partial charge in [-0.2, -0.15) is 4.31 Å². The van der Waals surface area contributed by atoms with E-state index in [-0.39, 0.29) is 33.2 Å². The SMILES string of the molecule is CC(=O)c1c(C)oc2ccc(N(C(=O)c3cccc([N+](=O)[O-])c3)S(=O)(=O)c3ccc(C)cc3)cc12. The molecule has 0 saturated heterocycles. The largest absolute Gasteiger partial charge is 0.461 e. The summed E-state index contributed by atoms with van der Waals surface area (Å²) in [7, 11) is -4.45. The number of nitro benzene ring substituents is 1. The Labute approximate surface area is 200 Å². The number of amides is 1. The minimum atomic E-state index is -4.45. The summed E-state index contributed by atoms with van der Waals surface area (Å²) in [5.41, 5.74) is 0.859. The lowest BCUT2D eigenvalue weighted by Crippen LogP contribution is -2.37. The molecule has 0 fully saturated rings. The predicted molar refractivity (Wildman–Crippen MR) is 129 cm³/mol. The average Bonchev–Trinajstić information content (AvgIpc) is 3.14. The molecule has 10 heteroatoms. The van der Waals surface area contributed by atoms with Crippen molar-refractivity contribution in [2.75, 3.05) is 4.31 Å². The van der Waals surface area contributed by atoms with Crippen molar-refractivity contribution in [2.45, 2.75) is 25.7 Å². The minimum absolute atomic E-state index is 0.0436. The molecular weight excluding hydrogens is 472 g/mol. The van der Waals surface area contributed by atoms with Gasteiger partial charge in [0.05, 0.1) is 21.1 Å². The van der Waals surface area contributed by atoms with Crippen LogP contribution in [0.2, 0.25) is 0 Å². The number of carbonyl (C=O) groups excluding carboxylic acids is 2. The fourth-order valence-corrected chi connectivity index (χ4v) is 5.23. The summed E-state index contributed by atoms with van der Waals surface area (Å²) in [6.07, 6.45) is 0. The molecule has 1 amide bonds. The van der Waals surface area contributed by atoms with Crippen molar-refractivity contribution >= 4 is 44.1 Å². The van der Waals surface area contributed by atoms with E-state index < -0.39 is 20.9 Å². The van der Waals surface area contributed by atoms with Crippen LogP contribution in [0, 0.1) is 24.0 Å². The van der Waals surface area contributed by atoms with Gasteiger partial charge in [0.1, 0.15) is 11.3 Å². The van der Waals surface area contributed by atoms with Crippen LogP contribution in [-0.4, -0.2) is 25.0 Å². The van der Waals surface area contributed by atoms with E-state index >= 15 is 0 Å². The highest BCUT2D eigenvalue weighted by molar-refractivity contribution is 7.93. The first-order valence-corrected chi connectivity index (χ1v) is 11.9. The fourth-order valence-electron chi connectivity index (χ4n) is 3.82. The second-order valence-corrected chi connectivity index (χ2v) is 9.75. The van der Waals surface area contributed by atoms with Crippen LogP contribution in [0.3, 0.4) is 0 Å². The summed E-state index contributed by atoms with van der Waals surface area (Å²) < 4.78 is 33.6. The molecule has 0 N–H and O–H groups in total. The first-order chi connectivity index (χ1) is 16.5. The van der Waals surface area contributed by atoms with Crippen molar-refractivity contribution in [3.05, 3.63) is 99.3 Å². The van der Waals surface area contributed by atoms with Gasteiger partial charge in [0.2, 0.25) is 0 Å². The summed E-state index contributed by atoms with van der Waals surface area (Å²) in [5.74, 6) is -0.905. The lowest BCUT2D eigenvalue weighted by Gasteiger charge is -2.23. The molecule has 9 nitrogen and oxygen atoms in total. The number of rotatable bonds is 6. The zero-order chi connectivity index (χ0) is 25.5. The molecule has 0 atom stereocenters. The summed E-state index contributed by atoms with van der Waals surface area (Å²) in [4.78, 5) is 36.2. The number of hydrogen-bond donors (Lipinski definition) is 0. The van der Waals surface area contributed by atoms with Gasteiger partial charge in [0.15, 0.2) is 5.78 Å². The van der Waals surface area contributed by atoms with Crippen molar-refractivity contribution < 1.29 is 27.3 Å². The van der Waals surface area contributed by atoms with Crippen molar-refractivity contribution in [1.29, 1.82) is 0 Å². The van der Waals surface area contributed by atoms with E-state index in [1.54, 1.807) is 26.0 Å². The van der Waals surface area contributed by atoms with Gasteiger partial charge in [0.25, 0.3) is 21.6 Å². The summed E-state index contributed by atoms with van der Waals surface area (Å²) in [6.45, 7) is 4.77. The highest BCUT2D eigenvalue weighted by atomic mass is 32.2. The average molecular weight is 493 g/mol. The van der Waals surface area contributed by atoms with Gasteiger partial charge < -0.3 is 4.42 Å². The highest BCUT2D eigenvalue weighted by Gasteiger charge is 2.33. The third-order valence-corrected chi connectivity index (χ3v) is 7.21. The number of Topliss-reactive ketones (excluding diaryl/α,β-unsaturated/α-hetero) is 1. The zero-order valence-electron chi connectivity index (χ0n) is 19.0. The van der Waals surface area contributed by atoms with Crippen molar-refractivity contribution in [3.8, 4) is 0 Å². The van der Waals surface area contributed by atoms with Crippen LogP contribution in [-0.2, 0) is 10.0 Å². The maximum Gasteiger partial charge on any atom is 0.272 e. The molecule has 0 spiro atoms. The number of nitro groups is 1. The van der Waals surface area contributed by atoms with Gasteiger partial charge in [-0.25, -0.2) is 8.42 Å². The molecule has 0 aliphatic heterocycles. The van der Waals surface area contributed by atoms with Gasteiger partial charge in [-0.05, 0) is 57.2 Å². The number of benzene rings is 3. The first-order valence-electron chi connectivity index (χ1n) is 10.5. The number of ketones is 1. The molecule has 0 aliphatic rings. The molecule has 1 aromatic heterocycles. The second kappa shape index (κ2) is 8.80. The molecule has 1 heterocycles. The quantitative estimate of drug-likeness (QED) is 0.206. The molecule has 0 bridgehead atoms. The highest BCUT2D eigenvalue weighted by Crippen LogP contribution is 2.33. The maximum atomic E-state index is 13.7. The Balaban J connectivity index is 1.96. The summed E-state index contributed by atoms with van der Waals surface area (Å²) >= 11 is 0. The Hall–Kier alpha value is -4.31. The smallest absolute Gasteiger partial charge is 0.272 e. The zero-order valence-corrected chi connectivity index (χ0v) is 19.8. The molecular formula is C25H20N2O7S. The minimum Gasteiger partial charge on any atom is -0.461 e. The van der Waals surface area contributed by atoms with Crippen LogP contribution in [0.1, 0.15) is 39.0 Å². The number of non-ortho nitro benzene ring substituents is 1. The van der Waals surface area contributed by atoms with Crippen LogP contribution in [0.4, 0.5) is 11.4 Å². The Bertz CT molecular complexity index is 1600. The van der Waals surface area contributed by atoms with Gasteiger partial charge in [-0.15, -0.1) is 0 Å². The van der Waals surface area contributed by atoms with E-state index in [2.05, 4.69) is 0 Å². The number of sulfonamides is 1. The molecule has 0 unspecified atom stereocenters. The molecule has 4 aromatic rings. The third-order valence-electron chi connectivity index (χ3n) is 5.48. The van der Waals surface area contributed by atoms with Crippen LogP contribution < -0.4 is 4.31 Å². The van der Waals surface area contributed by atoms with Gasteiger partial charge >= 0.3 is 0 Å². The van der Waals surface area contributed by atoms with E-state index in [4.69, 9.17) is 4.42 Å². The van der Waals surface area contributed by atoms with Crippen molar-refractivity contribution in [1.82, 2.24) is 0 Å². The standard InChI is InChI=1S/C25H20N2O7S/c1-15-7-10-21(11-8-15)35(32,33)26(25(29)18-5-4-6-20(13-18)27(30)31)19-9-12-23-22(14-19)24(16(2)28)17(3)34-23/h4-14H,1-3H3.